The summed E-state index contributed by atoms with van der Waals surface area (Å²) < 4.78 is 10.3. The number of hydrogen-bond donors (Lipinski definition) is 0. The summed E-state index contributed by atoms with van der Waals surface area (Å²) in [6.07, 6.45) is -0.0862. The Bertz CT molecular complexity index is 1270. The number of methoxy groups -OCH3 is 1. The largest absolute Gasteiger partial charge is 0.497 e. The van der Waals surface area contributed by atoms with Crippen LogP contribution in [0, 0.1) is 5.92 Å². The molecule has 1 heterocycles. The van der Waals surface area contributed by atoms with Crippen LogP contribution in [0.25, 0.3) is 0 Å². The van der Waals surface area contributed by atoms with Gasteiger partial charge in [0.05, 0.1) is 18.7 Å². The molecule has 3 aromatic carbocycles. The van der Waals surface area contributed by atoms with Crippen LogP contribution in [0.1, 0.15) is 32.7 Å². The zero-order chi connectivity index (χ0) is 24.9. The summed E-state index contributed by atoms with van der Waals surface area (Å²) >= 11 is 6.14. The van der Waals surface area contributed by atoms with Crippen molar-refractivity contribution in [3.05, 3.63) is 94.5 Å². The Balaban J connectivity index is 1.45. The molecule has 1 amide bonds. The molecule has 4 rings (SSSR count). The molecule has 1 fully saturated rings. The second-order valence-corrected chi connectivity index (χ2v) is 8.46. The lowest BCUT2D eigenvalue weighted by Gasteiger charge is -2.20. The third-order valence-electron chi connectivity index (χ3n) is 5.75. The van der Waals surface area contributed by atoms with E-state index in [9.17, 15) is 19.2 Å². The molecule has 3 aromatic rings. The second kappa shape index (κ2) is 10.5. The van der Waals surface area contributed by atoms with Crippen molar-refractivity contribution in [3.8, 4) is 5.75 Å². The average Bonchev–Trinajstić information content (AvgIpc) is 3.28. The summed E-state index contributed by atoms with van der Waals surface area (Å²) in [4.78, 5) is 52.3. The first-order valence-electron chi connectivity index (χ1n) is 10.9. The highest BCUT2D eigenvalue weighted by molar-refractivity contribution is 6.31. The number of anilines is 1. The van der Waals surface area contributed by atoms with Crippen LogP contribution in [0.5, 0.6) is 5.75 Å². The monoisotopic (exact) mass is 491 g/mol. The third-order valence-corrected chi connectivity index (χ3v) is 5.98. The lowest BCUT2D eigenvalue weighted by molar-refractivity contribution is -0.147. The van der Waals surface area contributed by atoms with Gasteiger partial charge in [-0.1, -0.05) is 41.9 Å². The van der Waals surface area contributed by atoms with Crippen LogP contribution in [-0.4, -0.2) is 43.7 Å². The highest BCUT2D eigenvalue weighted by Crippen LogP contribution is 2.32. The number of ether oxygens (including phenoxy) is 2. The van der Waals surface area contributed by atoms with E-state index in [0.717, 1.165) is 0 Å². The summed E-state index contributed by atoms with van der Waals surface area (Å²) in [5.41, 5.74) is 1.47. The molecular weight excluding hydrogens is 470 g/mol. The number of carbonyl (C=O) groups excluding carboxylic acids is 4. The van der Waals surface area contributed by atoms with Gasteiger partial charge in [0, 0.05) is 34.7 Å². The first-order valence-corrected chi connectivity index (χ1v) is 11.3. The fraction of sp³-hybridized carbons (Fsp3) is 0.185. The van der Waals surface area contributed by atoms with Crippen molar-refractivity contribution in [1.82, 2.24) is 0 Å². The van der Waals surface area contributed by atoms with Crippen molar-refractivity contribution in [2.75, 3.05) is 25.2 Å². The number of nitrogens with zero attached hydrogens (tertiary/aromatic N) is 1. The van der Waals surface area contributed by atoms with Gasteiger partial charge in [0.1, 0.15) is 5.75 Å². The van der Waals surface area contributed by atoms with Gasteiger partial charge >= 0.3 is 5.97 Å². The van der Waals surface area contributed by atoms with Crippen LogP contribution < -0.4 is 9.64 Å². The van der Waals surface area contributed by atoms with E-state index in [1.165, 1.54) is 18.1 Å². The Morgan fingerprint density at radius 1 is 0.971 bits per heavy atom. The third kappa shape index (κ3) is 5.41. The number of hydrogen-bond acceptors (Lipinski definition) is 6. The van der Waals surface area contributed by atoms with Crippen molar-refractivity contribution in [2.24, 2.45) is 5.92 Å². The molecule has 0 bridgehead atoms. The molecule has 7 nitrogen and oxygen atoms in total. The quantitative estimate of drug-likeness (QED) is 0.343. The van der Waals surface area contributed by atoms with E-state index < -0.39 is 18.5 Å². The van der Waals surface area contributed by atoms with Crippen molar-refractivity contribution in [2.45, 2.75) is 6.42 Å². The number of halogens is 1. The van der Waals surface area contributed by atoms with E-state index in [1.807, 2.05) is 0 Å². The van der Waals surface area contributed by atoms with Crippen LogP contribution in [0.3, 0.4) is 0 Å². The highest BCUT2D eigenvalue weighted by Gasteiger charge is 2.38. The highest BCUT2D eigenvalue weighted by atomic mass is 35.5. The molecule has 0 aromatic heterocycles. The molecular formula is C27H22ClNO6. The Hall–Kier alpha value is -3.97. The number of rotatable bonds is 8. The van der Waals surface area contributed by atoms with Crippen molar-refractivity contribution >= 4 is 40.7 Å². The Morgan fingerprint density at radius 3 is 2.37 bits per heavy atom. The number of benzene rings is 3. The van der Waals surface area contributed by atoms with Crippen molar-refractivity contribution in [1.29, 1.82) is 0 Å². The fourth-order valence-electron chi connectivity index (χ4n) is 3.88. The minimum Gasteiger partial charge on any atom is -0.497 e. The van der Waals surface area contributed by atoms with E-state index in [4.69, 9.17) is 21.1 Å². The molecule has 0 N–H and O–H groups in total. The molecule has 8 heteroatoms. The minimum atomic E-state index is -0.762. The molecule has 0 spiro atoms. The summed E-state index contributed by atoms with van der Waals surface area (Å²) in [6, 6.07) is 19.8. The van der Waals surface area contributed by atoms with Crippen LogP contribution in [0.4, 0.5) is 5.69 Å². The molecule has 0 unspecified atom stereocenters. The van der Waals surface area contributed by atoms with Gasteiger partial charge < -0.3 is 14.4 Å². The summed E-state index contributed by atoms with van der Waals surface area (Å²) in [7, 11) is 1.52. The van der Waals surface area contributed by atoms with E-state index in [2.05, 4.69) is 0 Å². The maximum atomic E-state index is 13.1. The normalized spacial score (nSPS) is 15.1. The molecule has 1 atom stereocenters. The smallest absolute Gasteiger partial charge is 0.311 e. The number of amides is 1. The maximum Gasteiger partial charge on any atom is 0.311 e. The molecule has 0 saturated carbocycles. The molecule has 0 aliphatic carbocycles. The van der Waals surface area contributed by atoms with Crippen LogP contribution >= 0.6 is 11.6 Å². The Morgan fingerprint density at radius 2 is 1.69 bits per heavy atom. The lowest BCUT2D eigenvalue weighted by Crippen LogP contribution is -2.28. The van der Waals surface area contributed by atoms with Crippen LogP contribution in [-0.2, 0) is 14.3 Å². The average molecular weight is 492 g/mol. The minimum absolute atomic E-state index is 0.0328. The number of carbonyl (C=O) groups is 4. The van der Waals surface area contributed by atoms with Gasteiger partial charge in [-0.2, -0.15) is 0 Å². The summed E-state index contributed by atoms with van der Waals surface area (Å²) in [6.45, 7) is -0.403. The predicted octanol–water partition coefficient (Wildman–Crippen LogP) is 4.36. The predicted molar refractivity (Wildman–Crippen MR) is 130 cm³/mol. The van der Waals surface area contributed by atoms with Gasteiger partial charge in [-0.15, -0.1) is 0 Å². The second-order valence-electron chi connectivity index (χ2n) is 8.02. The zero-order valence-corrected chi connectivity index (χ0v) is 19.7. The maximum absolute atomic E-state index is 13.1. The molecule has 0 radical (unpaired) electrons. The summed E-state index contributed by atoms with van der Waals surface area (Å²) in [5.74, 6) is -1.77. The molecule has 1 aliphatic rings. The SMILES string of the molecule is COc1ccc(C(=O)COC(=O)[C@H]2CC(=O)N(c3ccc(Cl)cc3C(=O)c3ccccc3)C2)cc1. The lowest BCUT2D eigenvalue weighted by atomic mass is 10.0. The first-order chi connectivity index (χ1) is 16.9. The van der Waals surface area contributed by atoms with Gasteiger partial charge in [-0.25, -0.2) is 0 Å². The van der Waals surface area contributed by atoms with E-state index in [0.29, 0.717) is 27.6 Å². The van der Waals surface area contributed by atoms with E-state index >= 15 is 0 Å². The van der Waals surface area contributed by atoms with Gasteiger partial charge in [-0.3, -0.25) is 19.2 Å². The molecule has 1 saturated heterocycles. The van der Waals surface area contributed by atoms with Gasteiger partial charge in [0.2, 0.25) is 5.91 Å². The van der Waals surface area contributed by atoms with E-state index in [-0.39, 0.29) is 36.0 Å². The Kier molecular flexibility index (Phi) is 7.27. The van der Waals surface area contributed by atoms with Gasteiger partial charge in [-0.05, 0) is 42.5 Å². The number of esters is 1. The van der Waals surface area contributed by atoms with E-state index in [1.54, 1.807) is 66.7 Å². The summed E-state index contributed by atoms with van der Waals surface area (Å²) in [5, 5.41) is 0.354. The Labute approximate surface area is 207 Å². The first kappa shape index (κ1) is 24.2. The van der Waals surface area contributed by atoms with Crippen LogP contribution in [0.15, 0.2) is 72.8 Å². The van der Waals surface area contributed by atoms with Gasteiger partial charge in [0.15, 0.2) is 18.2 Å². The fourth-order valence-corrected chi connectivity index (χ4v) is 4.06. The molecule has 1 aliphatic heterocycles. The van der Waals surface area contributed by atoms with Crippen molar-refractivity contribution < 1.29 is 28.7 Å². The van der Waals surface area contributed by atoms with Crippen LogP contribution in [0.2, 0.25) is 5.02 Å². The zero-order valence-electron chi connectivity index (χ0n) is 18.9. The number of ketones is 2. The van der Waals surface area contributed by atoms with Crippen molar-refractivity contribution in [3.63, 3.8) is 0 Å². The number of Topliss-reactive ketones (excluding diaryl/α,β-unsaturated/α-hetero) is 1. The molecule has 35 heavy (non-hydrogen) atoms. The topological polar surface area (TPSA) is 90.0 Å². The van der Waals surface area contributed by atoms with Gasteiger partial charge in [0.25, 0.3) is 0 Å². The standard InChI is InChI=1S/C27H22ClNO6/c1-34-21-10-7-17(8-11-21)24(30)16-35-27(33)19-13-25(31)29(15-19)23-12-9-20(28)14-22(23)26(32)18-5-3-2-4-6-18/h2-12,14,19H,13,15-16H2,1H3/t19-/m0/s1. The molecule has 178 valence electrons.